The van der Waals surface area contributed by atoms with Gasteiger partial charge in [-0.1, -0.05) is 36.4 Å². The standard InChI is InChI=1S/C23H21F3N4O3/c1-33-22(31)17(11-13-5-3-2-4-6-13)29-23(32)30-10-9-16-20(28-12-27-16)21(30)14-7-8-15(24)19(26)18(14)25/h2-8,12,17,21H,9-11H2,1H3,(H,27,28)(H,29,32). The number of carbonyl (C=O) groups excluding carboxylic acids is 2. The Labute approximate surface area is 187 Å². The van der Waals surface area contributed by atoms with Crippen molar-refractivity contribution >= 4 is 12.0 Å². The third kappa shape index (κ3) is 4.41. The Morgan fingerprint density at radius 3 is 2.67 bits per heavy atom. The zero-order valence-corrected chi connectivity index (χ0v) is 17.6. The Hall–Kier alpha value is -3.82. The molecule has 1 aliphatic rings. The molecule has 0 spiro atoms. The molecule has 0 saturated carbocycles. The minimum Gasteiger partial charge on any atom is -0.467 e. The molecule has 2 aromatic carbocycles. The first-order valence-corrected chi connectivity index (χ1v) is 10.2. The Balaban J connectivity index is 1.66. The monoisotopic (exact) mass is 458 g/mol. The van der Waals surface area contributed by atoms with E-state index in [0.717, 1.165) is 17.7 Å². The van der Waals surface area contributed by atoms with E-state index in [9.17, 15) is 22.8 Å². The number of hydrogen-bond acceptors (Lipinski definition) is 4. The summed E-state index contributed by atoms with van der Waals surface area (Å²) in [6, 6.07) is 8.10. The lowest BCUT2D eigenvalue weighted by molar-refractivity contribution is -0.142. The summed E-state index contributed by atoms with van der Waals surface area (Å²) >= 11 is 0. The second kappa shape index (κ2) is 9.35. The Morgan fingerprint density at radius 1 is 1.18 bits per heavy atom. The summed E-state index contributed by atoms with van der Waals surface area (Å²) in [6.45, 7) is 0.128. The molecule has 0 fully saturated rings. The fourth-order valence-electron chi connectivity index (χ4n) is 3.98. The zero-order chi connectivity index (χ0) is 23.5. The molecule has 4 rings (SSSR count). The first-order chi connectivity index (χ1) is 15.9. The molecule has 1 aliphatic heterocycles. The van der Waals surface area contributed by atoms with Gasteiger partial charge in [-0.05, 0) is 11.6 Å². The summed E-state index contributed by atoms with van der Waals surface area (Å²) in [5.41, 5.74) is 1.53. The van der Waals surface area contributed by atoms with E-state index in [1.54, 1.807) is 24.3 Å². The van der Waals surface area contributed by atoms with Crippen molar-refractivity contribution in [1.82, 2.24) is 20.2 Å². The highest BCUT2D eigenvalue weighted by molar-refractivity contribution is 5.84. The van der Waals surface area contributed by atoms with Crippen LogP contribution in [0.15, 0.2) is 48.8 Å². The van der Waals surface area contributed by atoms with Crippen molar-refractivity contribution < 1.29 is 27.5 Å². The highest BCUT2D eigenvalue weighted by Gasteiger charge is 2.38. The smallest absolute Gasteiger partial charge is 0.328 e. The van der Waals surface area contributed by atoms with Gasteiger partial charge in [0, 0.05) is 30.6 Å². The molecule has 33 heavy (non-hydrogen) atoms. The Kier molecular flexibility index (Phi) is 6.34. The van der Waals surface area contributed by atoms with Crippen LogP contribution < -0.4 is 5.32 Å². The van der Waals surface area contributed by atoms with E-state index in [2.05, 4.69) is 15.3 Å². The number of ether oxygens (including phenoxy) is 1. The van der Waals surface area contributed by atoms with Crippen molar-refractivity contribution in [3.63, 3.8) is 0 Å². The van der Waals surface area contributed by atoms with Crippen LogP contribution in [0.25, 0.3) is 0 Å². The summed E-state index contributed by atoms with van der Waals surface area (Å²) < 4.78 is 47.1. The van der Waals surface area contributed by atoms with Crippen LogP contribution in [0.4, 0.5) is 18.0 Å². The number of nitrogens with zero attached hydrogens (tertiary/aromatic N) is 2. The van der Waals surface area contributed by atoms with Gasteiger partial charge in [0.2, 0.25) is 0 Å². The van der Waals surface area contributed by atoms with Gasteiger partial charge in [0.25, 0.3) is 0 Å². The van der Waals surface area contributed by atoms with Crippen LogP contribution in [0.5, 0.6) is 0 Å². The fraction of sp³-hybridized carbons (Fsp3) is 0.261. The van der Waals surface area contributed by atoms with Crippen LogP contribution in [-0.4, -0.2) is 46.6 Å². The minimum absolute atomic E-state index is 0.128. The average molecular weight is 458 g/mol. The first-order valence-electron chi connectivity index (χ1n) is 10.2. The van der Waals surface area contributed by atoms with Gasteiger partial charge in [-0.3, -0.25) is 0 Å². The van der Waals surface area contributed by atoms with E-state index >= 15 is 0 Å². The molecule has 0 radical (unpaired) electrons. The number of methoxy groups -OCH3 is 1. The van der Waals surface area contributed by atoms with Gasteiger partial charge >= 0.3 is 12.0 Å². The number of imidazole rings is 1. The molecule has 0 bridgehead atoms. The van der Waals surface area contributed by atoms with Crippen LogP contribution in [0.3, 0.4) is 0 Å². The molecular weight excluding hydrogens is 437 g/mol. The van der Waals surface area contributed by atoms with Gasteiger partial charge in [-0.2, -0.15) is 0 Å². The summed E-state index contributed by atoms with van der Waals surface area (Å²) in [5, 5.41) is 2.64. The quantitative estimate of drug-likeness (QED) is 0.454. The summed E-state index contributed by atoms with van der Waals surface area (Å²) in [4.78, 5) is 34.0. The Morgan fingerprint density at radius 2 is 1.94 bits per heavy atom. The van der Waals surface area contributed by atoms with Crippen LogP contribution in [0.1, 0.15) is 28.6 Å². The van der Waals surface area contributed by atoms with Gasteiger partial charge in [0.15, 0.2) is 17.5 Å². The number of urea groups is 1. The van der Waals surface area contributed by atoms with Crippen molar-refractivity contribution in [2.75, 3.05) is 13.7 Å². The SMILES string of the molecule is COC(=O)C(Cc1ccccc1)NC(=O)N1CCc2[nH]cnc2C1c1ccc(F)c(F)c1F. The number of aromatic nitrogens is 2. The predicted octanol–water partition coefficient (Wildman–Crippen LogP) is 3.27. The molecule has 2 heterocycles. The topological polar surface area (TPSA) is 87.3 Å². The third-order valence-corrected chi connectivity index (χ3v) is 5.61. The van der Waals surface area contributed by atoms with Gasteiger partial charge in [0.1, 0.15) is 12.1 Å². The maximum absolute atomic E-state index is 14.7. The van der Waals surface area contributed by atoms with Crippen LogP contribution in [0.2, 0.25) is 0 Å². The summed E-state index contributed by atoms with van der Waals surface area (Å²) in [6.07, 6.45) is 1.95. The molecule has 3 aromatic rings. The first kappa shape index (κ1) is 22.4. The summed E-state index contributed by atoms with van der Waals surface area (Å²) in [5.74, 6) is -5.02. The number of benzene rings is 2. The average Bonchev–Trinajstić information content (AvgIpc) is 3.31. The number of H-pyrrole nitrogens is 1. The van der Waals surface area contributed by atoms with Crippen molar-refractivity contribution in [1.29, 1.82) is 0 Å². The molecule has 172 valence electrons. The number of rotatable bonds is 5. The van der Waals surface area contributed by atoms with E-state index in [-0.39, 0.29) is 18.5 Å². The lowest BCUT2D eigenvalue weighted by Gasteiger charge is -2.36. The van der Waals surface area contributed by atoms with Crippen molar-refractivity contribution in [2.24, 2.45) is 0 Å². The van der Waals surface area contributed by atoms with Crippen LogP contribution in [-0.2, 0) is 22.4 Å². The van der Waals surface area contributed by atoms with E-state index in [0.29, 0.717) is 17.8 Å². The molecular formula is C23H21F3N4O3. The van der Waals surface area contributed by atoms with E-state index in [4.69, 9.17) is 4.74 Å². The largest absolute Gasteiger partial charge is 0.467 e. The summed E-state index contributed by atoms with van der Waals surface area (Å²) in [7, 11) is 1.21. The molecule has 2 unspecified atom stereocenters. The second-order valence-electron chi connectivity index (χ2n) is 7.59. The number of hydrogen-bond donors (Lipinski definition) is 2. The van der Waals surface area contributed by atoms with E-state index in [1.165, 1.54) is 18.3 Å². The number of aromatic amines is 1. The van der Waals surface area contributed by atoms with Gasteiger partial charge in [-0.15, -0.1) is 0 Å². The highest BCUT2D eigenvalue weighted by Crippen LogP contribution is 2.35. The van der Waals surface area contributed by atoms with Gasteiger partial charge < -0.3 is 19.9 Å². The Bertz CT molecular complexity index is 1170. The number of nitrogens with one attached hydrogen (secondary N) is 2. The lowest BCUT2D eigenvalue weighted by Crippen LogP contribution is -2.52. The maximum Gasteiger partial charge on any atom is 0.328 e. The van der Waals surface area contributed by atoms with Crippen molar-refractivity contribution in [3.05, 3.63) is 88.8 Å². The molecule has 2 atom stereocenters. The normalized spacial score (nSPS) is 16.1. The molecule has 7 nitrogen and oxygen atoms in total. The minimum atomic E-state index is -1.63. The van der Waals surface area contributed by atoms with Gasteiger partial charge in [-0.25, -0.2) is 27.7 Å². The lowest BCUT2D eigenvalue weighted by atomic mass is 9.95. The van der Waals surface area contributed by atoms with E-state index in [1.807, 2.05) is 6.07 Å². The molecule has 1 aromatic heterocycles. The van der Waals surface area contributed by atoms with Crippen molar-refractivity contribution in [2.45, 2.75) is 24.9 Å². The molecule has 10 heteroatoms. The number of halogens is 3. The number of esters is 1. The van der Waals surface area contributed by atoms with Crippen LogP contribution in [0, 0.1) is 17.5 Å². The van der Waals surface area contributed by atoms with Crippen molar-refractivity contribution in [3.8, 4) is 0 Å². The van der Waals surface area contributed by atoms with Crippen LogP contribution >= 0.6 is 0 Å². The second-order valence-corrected chi connectivity index (χ2v) is 7.59. The molecule has 0 aliphatic carbocycles. The highest BCUT2D eigenvalue weighted by atomic mass is 19.2. The number of carbonyl (C=O) groups is 2. The molecule has 0 saturated heterocycles. The molecule has 2 amide bonds. The number of amides is 2. The van der Waals surface area contributed by atoms with E-state index < -0.39 is 41.5 Å². The zero-order valence-electron chi connectivity index (χ0n) is 17.6. The number of fused-ring (bicyclic) bond motifs is 1. The van der Waals surface area contributed by atoms with Gasteiger partial charge in [0.05, 0.1) is 19.1 Å². The predicted molar refractivity (Wildman–Crippen MR) is 112 cm³/mol. The fourth-order valence-corrected chi connectivity index (χ4v) is 3.98. The maximum atomic E-state index is 14.7. The molecule has 2 N–H and O–H groups in total. The third-order valence-electron chi connectivity index (χ3n) is 5.61.